The van der Waals surface area contributed by atoms with E-state index >= 15 is 0 Å². The number of rotatable bonds is 2. The molecule has 1 fully saturated rings. The molecule has 0 saturated carbocycles. The molecule has 0 amide bonds. The molecule has 2 heterocycles. The quantitative estimate of drug-likeness (QED) is 0.724. The molecule has 0 spiro atoms. The predicted molar refractivity (Wildman–Crippen MR) is 48.3 cm³/mol. The molecule has 2 heteroatoms. The zero-order valence-corrected chi connectivity index (χ0v) is 7.47. The van der Waals surface area contributed by atoms with Gasteiger partial charge in [0, 0.05) is 18.9 Å². The van der Waals surface area contributed by atoms with Gasteiger partial charge in [-0.25, -0.2) is 0 Å². The molecule has 0 aliphatic carbocycles. The van der Waals surface area contributed by atoms with Gasteiger partial charge in [-0.15, -0.1) is 0 Å². The molecule has 1 N–H and O–H groups in total. The van der Waals surface area contributed by atoms with Crippen LogP contribution in [0.4, 0.5) is 0 Å². The Morgan fingerprint density at radius 2 is 2.50 bits per heavy atom. The van der Waals surface area contributed by atoms with E-state index in [0.29, 0.717) is 5.92 Å². The molecule has 1 aliphatic rings. The molecular weight excluding hydrogens is 150 g/mol. The van der Waals surface area contributed by atoms with Crippen molar-refractivity contribution in [3.63, 3.8) is 0 Å². The van der Waals surface area contributed by atoms with Gasteiger partial charge in [0.15, 0.2) is 0 Å². The molecule has 1 aromatic heterocycles. The van der Waals surface area contributed by atoms with E-state index in [-0.39, 0.29) is 0 Å². The fraction of sp³-hybridized carbons (Fsp3) is 0.600. The highest BCUT2D eigenvalue weighted by Crippen LogP contribution is 2.24. The first-order valence-electron chi connectivity index (χ1n) is 4.69. The van der Waals surface area contributed by atoms with Gasteiger partial charge in [-0.05, 0) is 25.1 Å². The van der Waals surface area contributed by atoms with Crippen LogP contribution in [-0.4, -0.2) is 13.1 Å². The van der Waals surface area contributed by atoms with E-state index in [4.69, 9.17) is 4.42 Å². The lowest BCUT2D eigenvalue weighted by molar-refractivity contribution is 0.441. The van der Waals surface area contributed by atoms with Crippen LogP contribution in [0.2, 0.25) is 0 Å². The molecule has 1 unspecified atom stereocenters. The van der Waals surface area contributed by atoms with Crippen molar-refractivity contribution in [2.75, 3.05) is 13.1 Å². The number of furan rings is 1. The summed E-state index contributed by atoms with van der Waals surface area (Å²) in [6.45, 7) is 4.33. The van der Waals surface area contributed by atoms with E-state index in [9.17, 15) is 0 Å². The summed E-state index contributed by atoms with van der Waals surface area (Å²) in [5.41, 5.74) is 0. The van der Waals surface area contributed by atoms with Crippen molar-refractivity contribution in [3.05, 3.63) is 23.7 Å². The van der Waals surface area contributed by atoms with Gasteiger partial charge >= 0.3 is 0 Å². The van der Waals surface area contributed by atoms with Crippen LogP contribution in [0.15, 0.2) is 16.5 Å². The lowest BCUT2D eigenvalue weighted by Gasteiger charge is -2.02. The van der Waals surface area contributed by atoms with E-state index in [1.807, 2.05) is 0 Å². The Balaban J connectivity index is 2.11. The zero-order chi connectivity index (χ0) is 8.39. The lowest BCUT2D eigenvalue weighted by atomic mass is 10.1. The van der Waals surface area contributed by atoms with Gasteiger partial charge < -0.3 is 9.73 Å². The van der Waals surface area contributed by atoms with Gasteiger partial charge in [0.05, 0.1) is 0 Å². The fourth-order valence-corrected chi connectivity index (χ4v) is 1.70. The molecule has 2 nitrogen and oxygen atoms in total. The summed E-state index contributed by atoms with van der Waals surface area (Å²) in [4.78, 5) is 0. The molecule has 1 saturated heterocycles. The molecular formula is C10H15NO. The van der Waals surface area contributed by atoms with Crippen molar-refractivity contribution in [3.8, 4) is 0 Å². The van der Waals surface area contributed by atoms with Crippen molar-refractivity contribution in [2.45, 2.75) is 25.7 Å². The number of hydrogen-bond donors (Lipinski definition) is 1. The van der Waals surface area contributed by atoms with Crippen LogP contribution >= 0.6 is 0 Å². The summed E-state index contributed by atoms with van der Waals surface area (Å²) in [5, 5.41) is 3.34. The van der Waals surface area contributed by atoms with E-state index in [1.165, 1.54) is 6.42 Å². The molecule has 1 aliphatic heterocycles. The Morgan fingerprint density at radius 3 is 3.08 bits per heavy atom. The van der Waals surface area contributed by atoms with Crippen LogP contribution in [0.5, 0.6) is 0 Å². The summed E-state index contributed by atoms with van der Waals surface area (Å²) >= 11 is 0. The van der Waals surface area contributed by atoms with Gasteiger partial charge in [-0.2, -0.15) is 0 Å². The van der Waals surface area contributed by atoms with Gasteiger partial charge in [-0.1, -0.05) is 6.92 Å². The summed E-state index contributed by atoms with van der Waals surface area (Å²) < 4.78 is 5.68. The largest absolute Gasteiger partial charge is 0.466 e. The molecule has 1 atom stereocenters. The van der Waals surface area contributed by atoms with Crippen LogP contribution in [0.1, 0.15) is 30.8 Å². The van der Waals surface area contributed by atoms with Crippen LogP contribution in [0.3, 0.4) is 0 Å². The molecule has 1 aromatic rings. The van der Waals surface area contributed by atoms with E-state index in [1.54, 1.807) is 0 Å². The predicted octanol–water partition coefficient (Wildman–Crippen LogP) is 1.92. The third kappa shape index (κ3) is 1.39. The highest BCUT2D eigenvalue weighted by atomic mass is 16.3. The Labute approximate surface area is 73.0 Å². The van der Waals surface area contributed by atoms with E-state index in [2.05, 4.69) is 24.4 Å². The highest BCUT2D eigenvalue weighted by Gasteiger charge is 2.19. The average Bonchev–Trinajstić information content (AvgIpc) is 2.75. The van der Waals surface area contributed by atoms with Crippen LogP contribution in [-0.2, 0) is 6.42 Å². The van der Waals surface area contributed by atoms with Gasteiger partial charge in [0.2, 0.25) is 0 Å². The molecule has 0 radical (unpaired) electrons. The second kappa shape index (κ2) is 3.31. The molecule has 2 rings (SSSR count). The minimum absolute atomic E-state index is 0.616. The van der Waals surface area contributed by atoms with Crippen molar-refractivity contribution in [2.24, 2.45) is 0 Å². The first-order chi connectivity index (χ1) is 5.90. The normalized spacial score (nSPS) is 23.2. The van der Waals surface area contributed by atoms with Gasteiger partial charge in [0.25, 0.3) is 0 Å². The lowest BCUT2D eigenvalue weighted by Crippen LogP contribution is -2.07. The number of hydrogen-bond acceptors (Lipinski definition) is 2. The molecule has 0 aromatic carbocycles. The van der Waals surface area contributed by atoms with Crippen molar-refractivity contribution < 1.29 is 4.42 Å². The third-order valence-electron chi connectivity index (χ3n) is 2.49. The summed E-state index contributed by atoms with van der Waals surface area (Å²) in [6.07, 6.45) is 2.22. The van der Waals surface area contributed by atoms with Gasteiger partial charge in [-0.3, -0.25) is 0 Å². The maximum Gasteiger partial charge on any atom is 0.108 e. The summed E-state index contributed by atoms with van der Waals surface area (Å²) in [6, 6.07) is 4.21. The van der Waals surface area contributed by atoms with Crippen molar-refractivity contribution in [1.29, 1.82) is 0 Å². The maximum atomic E-state index is 5.68. The van der Waals surface area contributed by atoms with Crippen molar-refractivity contribution >= 4 is 0 Å². The van der Waals surface area contributed by atoms with E-state index < -0.39 is 0 Å². The second-order valence-electron chi connectivity index (χ2n) is 3.35. The monoisotopic (exact) mass is 165 g/mol. The Bertz CT molecular complexity index is 248. The maximum absolute atomic E-state index is 5.68. The Hall–Kier alpha value is -0.760. The van der Waals surface area contributed by atoms with Crippen LogP contribution in [0, 0.1) is 0 Å². The Morgan fingerprint density at radius 1 is 1.58 bits per heavy atom. The topological polar surface area (TPSA) is 25.2 Å². The molecule has 0 bridgehead atoms. The van der Waals surface area contributed by atoms with Gasteiger partial charge in [0.1, 0.15) is 11.5 Å². The summed E-state index contributed by atoms with van der Waals surface area (Å²) in [7, 11) is 0. The first kappa shape index (κ1) is 7.87. The summed E-state index contributed by atoms with van der Waals surface area (Å²) in [5.74, 6) is 2.89. The SMILES string of the molecule is CCc1ccc(C2CCNC2)o1. The van der Waals surface area contributed by atoms with Crippen LogP contribution < -0.4 is 5.32 Å². The minimum atomic E-state index is 0.616. The average molecular weight is 165 g/mol. The zero-order valence-electron chi connectivity index (χ0n) is 7.47. The first-order valence-corrected chi connectivity index (χ1v) is 4.69. The molecule has 12 heavy (non-hydrogen) atoms. The number of nitrogens with one attached hydrogen (secondary N) is 1. The van der Waals surface area contributed by atoms with Crippen LogP contribution in [0.25, 0.3) is 0 Å². The van der Waals surface area contributed by atoms with E-state index in [0.717, 1.165) is 31.0 Å². The smallest absolute Gasteiger partial charge is 0.108 e. The molecule has 66 valence electrons. The fourth-order valence-electron chi connectivity index (χ4n) is 1.70. The highest BCUT2D eigenvalue weighted by molar-refractivity contribution is 5.12. The standard InChI is InChI=1S/C10H15NO/c1-2-9-3-4-10(12-9)8-5-6-11-7-8/h3-4,8,11H,2,5-7H2,1H3. The number of aryl methyl sites for hydroxylation is 1. The third-order valence-corrected chi connectivity index (χ3v) is 2.49. The Kier molecular flexibility index (Phi) is 2.17. The second-order valence-corrected chi connectivity index (χ2v) is 3.35. The minimum Gasteiger partial charge on any atom is -0.466 e. The van der Waals surface area contributed by atoms with Crippen molar-refractivity contribution in [1.82, 2.24) is 5.32 Å².